The molecule has 0 aliphatic rings. The van der Waals surface area contributed by atoms with E-state index >= 15 is 0 Å². The molecule has 2 heteroatoms. The first-order chi connectivity index (χ1) is 27.7. The molecule has 0 bridgehead atoms. The highest BCUT2D eigenvalue weighted by molar-refractivity contribution is 7.29. The summed E-state index contributed by atoms with van der Waals surface area (Å²) in [6, 6.07) is 72.0. The van der Waals surface area contributed by atoms with Gasteiger partial charge in [0.1, 0.15) is 0 Å². The molecule has 12 rings (SSSR count). The highest BCUT2D eigenvalue weighted by atomic mass is 32.1. The number of hydrogen-bond acceptors (Lipinski definition) is 2. The second-order valence-electron chi connectivity index (χ2n) is 14.8. The third kappa shape index (κ3) is 4.90. The third-order valence-corrected chi connectivity index (χ3v) is 14.0. The van der Waals surface area contributed by atoms with Crippen LogP contribution in [0.3, 0.4) is 0 Å². The SMILES string of the molecule is c1ccc(-c2ccc(-c3c4ccccc4c(-c4ccc(-c5ccc6cc7c(cc6c5)sc5c7ccc6sc7ccccc7c65)cc4)c4ccccc34)cc2)cc1. The van der Waals surface area contributed by atoms with Crippen LogP contribution in [-0.4, -0.2) is 0 Å². The van der Waals surface area contributed by atoms with Gasteiger partial charge in [0.05, 0.1) is 0 Å². The summed E-state index contributed by atoms with van der Waals surface area (Å²) >= 11 is 3.83. The molecule has 56 heavy (non-hydrogen) atoms. The van der Waals surface area contributed by atoms with Gasteiger partial charge < -0.3 is 0 Å². The van der Waals surface area contributed by atoms with Crippen LogP contribution in [0.15, 0.2) is 194 Å². The van der Waals surface area contributed by atoms with E-state index in [1.807, 2.05) is 22.7 Å². The van der Waals surface area contributed by atoms with Gasteiger partial charge in [-0.25, -0.2) is 0 Å². The van der Waals surface area contributed by atoms with Gasteiger partial charge in [-0.05, 0) is 107 Å². The molecule has 260 valence electrons. The molecule has 0 saturated heterocycles. The van der Waals surface area contributed by atoms with Gasteiger partial charge in [-0.2, -0.15) is 0 Å². The van der Waals surface area contributed by atoms with E-state index in [0.717, 1.165) is 0 Å². The number of rotatable bonds is 4. The van der Waals surface area contributed by atoms with Gasteiger partial charge in [-0.3, -0.25) is 0 Å². The Labute approximate surface area is 332 Å². The number of thiophene rings is 2. The van der Waals surface area contributed by atoms with Crippen molar-refractivity contribution in [1.82, 2.24) is 0 Å². The lowest BCUT2D eigenvalue weighted by Gasteiger charge is -2.18. The zero-order valence-electron chi connectivity index (χ0n) is 30.3. The van der Waals surface area contributed by atoms with Gasteiger partial charge in [-0.1, -0.05) is 164 Å². The summed E-state index contributed by atoms with van der Waals surface area (Å²) in [7, 11) is 0. The van der Waals surface area contributed by atoms with Gasteiger partial charge >= 0.3 is 0 Å². The van der Waals surface area contributed by atoms with E-state index in [1.165, 1.54) is 117 Å². The largest absolute Gasteiger partial charge is 0.135 e. The van der Waals surface area contributed by atoms with Crippen molar-refractivity contribution < 1.29 is 0 Å². The Bertz CT molecular complexity index is 3440. The van der Waals surface area contributed by atoms with Crippen LogP contribution in [0.25, 0.3) is 117 Å². The van der Waals surface area contributed by atoms with Gasteiger partial charge in [0.15, 0.2) is 0 Å². The number of fused-ring (bicyclic) bond motifs is 10. The molecule has 0 radical (unpaired) electrons. The Hall–Kier alpha value is -6.58. The van der Waals surface area contributed by atoms with Crippen molar-refractivity contribution >= 4 is 95.3 Å². The normalized spacial score (nSPS) is 11.9. The molecule has 0 amide bonds. The van der Waals surface area contributed by atoms with Gasteiger partial charge in [0.2, 0.25) is 0 Å². The van der Waals surface area contributed by atoms with Gasteiger partial charge in [0, 0.05) is 40.3 Å². The first-order valence-electron chi connectivity index (χ1n) is 19.2. The summed E-state index contributed by atoms with van der Waals surface area (Å²) in [5, 5.41) is 13.1. The number of benzene rings is 10. The summed E-state index contributed by atoms with van der Waals surface area (Å²) in [5.74, 6) is 0. The van der Waals surface area contributed by atoms with E-state index in [4.69, 9.17) is 0 Å². The maximum Gasteiger partial charge on any atom is 0.0448 e. The smallest absolute Gasteiger partial charge is 0.0448 e. The Morgan fingerprint density at radius 1 is 0.250 bits per heavy atom. The number of hydrogen-bond donors (Lipinski definition) is 0. The van der Waals surface area contributed by atoms with E-state index in [0.29, 0.717) is 0 Å². The molecule has 2 aromatic heterocycles. The van der Waals surface area contributed by atoms with Gasteiger partial charge in [0.25, 0.3) is 0 Å². The Morgan fingerprint density at radius 3 is 1.41 bits per heavy atom. The van der Waals surface area contributed by atoms with E-state index < -0.39 is 0 Å². The highest BCUT2D eigenvalue weighted by Crippen LogP contribution is 2.47. The molecule has 0 aliphatic carbocycles. The van der Waals surface area contributed by atoms with Crippen LogP contribution in [0.4, 0.5) is 0 Å². The Morgan fingerprint density at radius 2 is 0.768 bits per heavy atom. The van der Waals surface area contributed by atoms with Crippen molar-refractivity contribution in [2.75, 3.05) is 0 Å². The van der Waals surface area contributed by atoms with Crippen LogP contribution in [-0.2, 0) is 0 Å². The average Bonchev–Trinajstić information content (AvgIpc) is 3.83. The summed E-state index contributed by atoms with van der Waals surface area (Å²) < 4.78 is 5.47. The molecule has 0 fully saturated rings. The lowest BCUT2D eigenvalue weighted by atomic mass is 9.85. The fraction of sp³-hybridized carbons (Fsp3) is 0. The minimum atomic E-state index is 1.22. The predicted octanol–water partition coefficient (Wildman–Crippen LogP) is 16.5. The minimum Gasteiger partial charge on any atom is -0.135 e. The van der Waals surface area contributed by atoms with Gasteiger partial charge in [-0.15, -0.1) is 22.7 Å². The molecular formula is C54H32S2. The van der Waals surface area contributed by atoms with Crippen LogP contribution in [0.2, 0.25) is 0 Å². The molecule has 0 spiro atoms. The quantitative estimate of drug-likeness (QED) is 0.157. The molecule has 0 nitrogen and oxygen atoms in total. The van der Waals surface area contributed by atoms with E-state index in [9.17, 15) is 0 Å². The monoisotopic (exact) mass is 744 g/mol. The topological polar surface area (TPSA) is 0 Å². The minimum absolute atomic E-state index is 1.22. The maximum atomic E-state index is 2.41. The molecule has 0 unspecified atom stereocenters. The summed E-state index contributed by atoms with van der Waals surface area (Å²) in [6.07, 6.45) is 0. The summed E-state index contributed by atoms with van der Waals surface area (Å²) in [5.41, 5.74) is 9.95. The molecule has 0 atom stereocenters. The molecule has 12 aromatic rings. The maximum absolute atomic E-state index is 2.41. The zero-order valence-corrected chi connectivity index (χ0v) is 31.9. The van der Waals surface area contributed by atoms with Crippen LogP contribution in [0, 0.1) is 0 Å². The van der Waals surface area contributed by atoms with Crippen molar-refractivity contribution in [3.63, 3.8) is 0 Å². The molecule has 0 saturated carbocycles. The summed E-state index contributed by atoms with van der Waals surface area (Å²) in [4.78, 5) is 0. The Kier molecular flexibility index (Phi) is 7.07. The van der Waals surface area contributed by atoms with Crippen LogP contribution < -0.4 is 0 Å². The van der Waals surface area contributed by atoms with E-state index in [2.05, 4.69) is 194 Å². The lowest BCUT2D eigenvalue weighted by molar-refractivity contribution is 1.61. The average molecular weight is 745 g/mol. The van der Waals surface area contributed by atoms with E-state index in [1.54, 1.807) is 0 Å². The molecular weight excluding hydrogens is 713 g/mol. The van der Waals surface area contributed by atoms with Crippen LogP contribution in [0.5, 0.6) is 0 Å². The third-order valence-electron chi connectivity index (χ3n) is 11.7. The fourth-order valence-electron chi connectivity index (χ4n) is 9.00. The molecule has 10 aromatic carbocycles. The first-order valence-corrected chi connectivity index (χ1v) is 20.8. The van der Waals surface area contributed by atoms with E-state index in [-0.39, 0.29) is 0 Å². The molecule has 0 aliphatic heterocycles. The fourth-order valence-corrected chi connectivity index (χ4v) is 11.5. The van der Waals surface area contributed by atoms with Crippen molar-refractivity contribution in [2.45, 2.75) is 0 Å². The second kappa shape index (κ2) is 12.5. The highest BCUT2D eigenvalue weighted by Gasteiger charge is 2.18. The van der Waals surface area contributed by atoms with Crippen LogP contribution in [0.1, 0.15) is 0 Å². The summed E-state index contributed by atoms with van der Waals surface area (Å²) in [6.45, 7) is 0. The lowest BCUT2D eigenvalue weighted by Crippen LogP contribution is -1.91. The predicted molar refractivity (Wildman–Crippen MR) is 246 cm³/mol. The first kappa shape index (κ1) is 31.7. The van der Waals surface area contributed by atoms with Crippen molar-refractivity contribution in [1.29, 1.82) is 0 Å². The van der Waals surface area contributed by atoms with Crippen LogP contribution >= 0.6 is 22.7 Å². The van der Waals surface area contributed by atoms with Crippen molar-refractivity contribution in [3.05, 3.63) is 194 Å². The Balaban J connectivity index is 0.950. The zero-order chi connectivity index (χ0) is 36.7. The standard InChI is InChI=1S/C54H32S2/c1-2-10-33(11-3-1)34-18-22-36(23-19-34)51-41-12-4-6-14-43(41)52(44-15-7-5-13-42(44)51)37-24-20-35(21-25-37)38-26-27-39-31-47-45-28-29-49-53(46-16-8-9-17-48(46)55-49)54(45)56-50(47)32-40(39)30-38/h1-32H. The van der Waals surface area contributed by atoms with Crippen molar-refractivity contribution in [3.8, 4) is 44.5 Å². The second-order valence-corrected chi connectivity index (χ2v) is 16.9. The molecule has 2 heterocycles. The molecule has 0 N–H and O–H groups in total. The van der Waals surface area contributed by atoms with Crippen molar-refractivity contribution in [2.24, 2.45) is 0 Å².